The largest absolute Gasteiger partial charge is 0.497 e. The van der Waals surface area contributed by atoms with Gasteiger partial charge in [-0.05, 0) is 76.1 Å². The number of rotatable bonds is 8. The number of allylic oxidation sites excluding steroid dienone is 1. The topological polar surface area (TPSA) is 21.3 Å². The van der Waals surface area contributed by atoms with Gasteiger partial charge in [0.25, 0.3) is 0 Å². The van der Waals surface area contributed by atoms with E-state index in [1.54, 1.807) is 12.7 Å². The highest BCUT2D eigenvalue weighted by atomic mass is 16.5. The molecule has 2 heteroatoms. The molecule has 0 aromatic heterocycles. The molecule has 0 amide bonds. The van der Waals surface area contributed by atoms with Crippen molar-refractivity contribution in [3.05, 3.63) is 41.5 Å². The van der Waals surface area contributed by atoms with Gasteiger partial charge in [0, 0.05) is 6.04 Å². The maximum absolute atomic E-state index is 5.19. The van der Waals surface area contributed by atoms with Crippen LogP contribution in [0.15, 0.2) is 35.9 Å². The summed E-state index contributed by atoms with van der Waals surface area (Å²) in [6.07, 6.45) is 11.4. The fourth-order valence-corrected chi connectivity index (χ4v) is 2.89. The quantitative estimate of drug-likeness (QED) is 0.711. The number of hydrogen-bond acceptors (Lipinski definition) is 2. The fourth-order valence-electron chi connectivity index (χ4n) is 2.89. The summed E-state index contributed by atoms with van der Waals surface area (Å²) in [6, 6.07) is 9.00. The Bertz CT molecular complexity index is 435. The van der Waals surface area contributed by atoms with Crippen molar-refractivity contribution in [2.75, 3.05) is 13.7 Å². The molecule has 0 spiro atoms. The second kappa shape index (κ2) is 8.89. The van der Waals surface area contributed by atoms with Gasteiger partial charge < -0.3 is 10.1 Å². The van der Waals surface area contributed by atoms with Gasteiger partial charge in [0.2, 0.25) is 0 Å². The Morgan fingerprint density at radius 1 is 1.14 bits per heavy atom. The van der Waals surface area contributed by atoms with Crippen LogP contribution < -0.4 is 10.1 Å². The summed E-state index contributed by atoms with van der Waals surface area (Å²) in [5, 5.41) is 3.66. The average molecular weight is 287 g/mol. The van der Waals surface area contributed by atoms with Crippen molar-refractivity contribution in [1.29, 1.82) is 0 Å². The van der Waals surface area contributed by atoms with Gasteiger partial charge in [-0.1, -0.05) is 23.8 Å². The lowest BCUT2D eigenvalue weighted by molar-refractivity contribution is 0.414. The van der Waals surface area contributed by atoms with E-state index in [4.69, 9.17) is 4.74 Å². The molecule has 1 aliphatic carbocycles. The van der Waals surface area contributed by atoms with Gasteiger partial charge in [0.15, 0.2) is 0 Å². The molecule has 1 N–H and O–H groups in total. The Hall–Kier alpha value is -1.28. The lowest BCUT2D eigenvalue weighted by atomic mass is 9.97. The van der Waals surface area contributed by atoms with Crippen molar-refractivity contribution in [2.24, 2.45) is 0 Å². The molecule has 0 saturated carbocycles. The Kier molecular flexibility index (Phi) is 6.81. The Morgan fingerprint density at radius 2 is 1.95 bits per heavy atom. The number of nitrogens with one attached hydrogen (secondary N) is 1. The smallest absolute Gasteiger partial charge is 0.118 e. The summed E-state index contributed by atoms with van der Waals surface area (Å²) < 4.78 is 5.19. The lowest BCUT2D eigenvalue weighted by Crippen LogP contribution is -2.27. The predicted molar refractivity (Wildman–Crippen MR) is 89.9 cm³/mol. The van der Waals surface area contributed by atoms with Crippen LogP contribution in [0.2, 0.25) is 0 Å². The monoisotopic (exact) mass is 287 g/mol. The molecule has 0 saturated heterocycles. The van der Waals surface area contributed by atoms with Crippen LogP contribution in [-0.2, 0) is 6.42 Å². The standard InChI is InChI=1S/C19H29NO/c1-16(20-15-14-17-6-4-3-5-7-17)8-9-18-10-12-19(21-2)13-11-18/h6,10-13,16,20H,3-5,7-9,14-15H2,1-2H3/t16-/m1/s1. The molecular weight excluding hydrogens is 258 g/mol. The Morgan fingerprint density at radius 3 is 2.62 bits per heavy atom. The van der Waals surface area contributed by atoms with Gasteiger partial charge in [-0.15, -0.1) is 0 Å². The first-order chi connectivity index (χ1) is 10.3. The molecule has 0 unspecified atom stereocenters. The van der Waals surface area contributed by atoms with Crippen LogP contribution >= 0.6 is 0 Å². The van der Waals surface area contributed by atoms with E-state index in [2.05, 4.69) is 30.4 Å². The Balaban J connectivity index is 1.62. The second-order valence-electron chi connectivity index (χ2n) is 6.10. The summed E-state index contributed by atoms with van der Waals surface area (Å²) in [7, 11) is 1.71. The van der Waals surface area contributed by atoms with Crippen LogP contribution in [-0.4, -0.2) is 19.7 Å². The van der Waals surface area contributed by atoms with Gasteiger partial charge in [-0.3, -0.25) is 0 Å². The zero-order valence-electron chi connectivity index (χ0n) is 13.5. The van der Waals surface area contributed by atoms with E-state index in [1.165, 1.54) is 44.1 Å². The second-order valence-corrected chi connectivity index (χ2v) is 6.10. The number of benzene rings is 1. The predicted octanol–water partition coefficient (Wildman–Crippen LogP) is 4.50. The summed E-state index contributed by atoms with van der Waals surface area (Å²) in [5.41, 5.74) is 3.05. The van der Waals surface area contributed by atoms with Crippen molar-refractivity contribution in [2.45, 2.75) is 57.9 Å². The molecule has 2 rings (SSSR count). The highest BCUT2D eigenvalue weighted by Gasteiger charge is 2.05. The van der Waals surface area contributed by atoms with Gasteiger partial charge in [0.1, 0.15) is 5.75 Å². The fraction of sp³-hybridized carbons (Fsp3) is 0.579. The van der Waals surface area contributed by atoms with E-state index in [-0.39, 0.29) is 0 Å². The minimum Gasteiger partial charge on any atom is -0.497 e. The van der Waals surface area contributed by atoms with E-state index >= 15 is 0 Å². The number of aryl methyl sites for hydroxylation is 1. The van der Waals surface area contributed by atoms with Gasteiger partial charge in [-0.2, -0.15) is 0 Å². The van der Waals surface area contributed by atoms with Crippen LogP contribution in [0.3, 0.4) is 0 Å². The molecule has 116 valence electrons. The SMILES string of the molecule is COc1ccc(CC[C@@H](C)NCCC2=CCCCC2)cc1. The highest BCUT2D eigenvalue weighted by Crippen LogP contribution is 2.19. The summed E-state index contributed by atoms with van der Waals surface area (Å²) >= 11 is 0. The molecule has 0 fully saturated rings. The molecule has 1 atom stereocenters. The third-order valence-electron chi connectivity index (χ3n) is 4.35. The minimum absolute atomic E-state index is 0.580. The van der Waals surface area contributed by atoms with Gasteiger partial charge in [0.05, 0.1) is 7.11 Å². The number of methoxy groups -OCH3 is 1. The van der Waals surface area contributed by atoms with Crippen molar-refractivity contribution in [1.82, 2.24) is 5.32 Å². The molecule has 0 heterocycles. The minimum atomic E-state index is 0.580. The summed E-state index contributed by atoms with van der Waals surface area (Å²) in [4.78, 5) is 0. The maximum Gasteiger partial charge on any atom is 0.118 e. The van der Waals surface area contributed by atoms with E-state index in [1.807, 2.05) is 12.1 Å². The molecule has 1 aliphatic rings. The van der Waals surface area contributed by atoms with Crippen LogP contribution in [0.5, 0.6) is 5.75 Å². The van der Waals surface area contributed by atoms with E-state index in [0.717, 1.165) is 18.7 Å². The Labute approximate surface area is 129 Å². The first-order valence-electron chi connectivity index (χ1n) is 8.32. The number of hydrogen-bond donors (Lipinski definition) is 1. The lowest BCUT2D eigenvalue weighted by Gasteiger charge is -2.16. The zero-order chi connectivity index (χ0) is 14.9. The normalized spacial score (nSPS) is 16.4. The zero-order valence-corrected chi connectivity index (χ0v) is 13.5. The molecule has 21 heavy (non-hydrogen) atoms. The first-order valence-corrected chi connectivity index (χ1v) is 8.32. The van der Waals surface area contributed by atoms with E-state index < -0.39 is 0 Å². The third kappa shape index (κ3) is 5.92. The van der Waals surface area contributed by atoms with Crippen LogP contribution in [0.25, 0.3) is 0 Å². The molecule has 1 aromatic carbocycles. The summed E-state index contributed by atoms with van der Waals surface area (Å²) in [5.74, 6) is 0.936. The van der Waals surface area contributed by atoms with E-state index in [9.17, 15) is 0 Å². The van der Waals surface area contributed by atoms with Crippen molar-refractivity contribution >= 4 is 0 Å². The van der Waals surface area contributed by atoms with Crippen LogP contribution in [0, 0.1) is 0 Å². The van der Waals surface area contributed by atoms with Crippen molar-refractivity contribution < 1.29 is 4.74 Å². The molecule has 0 aliphatic heterocycles. The van der Waals surface area contributed by atoms with Gasteiger partial charge >= 0.3 is 0 Å². The molecular formula is C19H29NO. The van der Waals surface area contributed by atoms with Crippen molar-refractivity contribution in [3.63, 3.8) is 0 Å². The third-order valence-corrected chi connectivity index (χ3v) is 4.35. The van der Waals surface area contributed by atoms with Gasteiger partial charge in [-0.25, -0.2) is 0 Å². The van der Waals surface area contributed by atoms with E-state index in [0.29, 0.717) is 6.04 Å². The molecule has 2 nitrogen and oxygen atoms in total. The highest BCUT2D eigenvalue weighted by molar-refractivity contribution is 5.27. The van der Waals surface area contributed by atoms with Crippen molar-refractivity contribution in [3.8, 4) is 5.75 Å². The number of ether oxygens (including phenoxy) is 1. The maximum atomic E-state index is 5.19. The molecule has 0 bridgehead atoms. The van der Waals surface area contributed by atoms with Crippen LogP contribution in [0.4, 0.5) is 0 Å². The van der Waals surface area contributed by atoms with Crippen LogP contribution in [0.1, 0.15) is 51.0 Å². The summed E-state index contributed by atoms with van der Waals surface area (Å²) in [6.45, 7) is 3.41. The molecule has 1 aromatic rings. The first kappa shape index (κ1) is 16.1. The average Bonchev–Trinajstić information content (AvgIpc) is 2.54. The molecule has 0 radical (unpaired) electrons.